The van der Waals surface area contributed by atoms with Crippen molar-refractivity contribution in [3.63, 3.8) is 0 Å². The number of piperazine rings is 1. The van der Waals surface area contributed by atoms with E-state index in [4.69, 9.17) is 0 Å². The van der Waals surface area contributed by atoms with E-state index in [2.05, 4.69) is 33.1 Å². The van der Waals surface area contributed by atoms with Crippen molar-refractivity contribution in [3.05, 3.63) is 33.8 Å². The maximum absolute atomic E-state index is 13.9. The molecule has 2 nitrogen and oxygen atoms in total. The van der Waals surface area contributed by atoms with Crippen molar-refractivity contribution in [2.45, 2.75) is 25.9 Å². The molecule has 2 rings (SSSR count). The maximum atomic E-state index is 13.9. The molecular weight excluding hydrogens is 302 g/mol. The molecule has 0 saturated carbocycles. The van der Waals surface area contributed by atoms with E-state index in [1.54, 1.807) is 0 Å². The van der Waals surface area contributed by atoms with Crippen LogP contribution in [0.15, 0.2) is 16.6 Å². The van der Waals surface area contributed by atoms with Crippen LogP contribution in [0.4, 0.5) is 8.78 Å². The minimum atomic E-state index is -0.485. The van der Waals surface area contributed by atoms with Crippen molar-refractivity contribution < 1.29 is 8.78 Å². The highest BCUT2D eigenvalue weighted by atomic mass is 79.9. The molecule has 0 bridgehead atoms. The molecule has 1 saturated heterocycles. The Morgan fingerprint density at radius 2 is 2.22 bits per heavy atom. The minimum absolute atomic E-state index is 0.154. The second-order valence-electron chi connectivity index (χ2n) is 4.62. The van der Waals surface area contributed by atoms with Gasteiger partial charge in [-0.15, -0.1) is 0 Å². The third kappa shape index (κ3) is 3.08. The first-order valence-electron chi connectivity index (χ1n) is 6.20. The van der Waals surface area contributed by atoms with Gasteiger partial charge in [0.15, 0.2) is 0 Å². The third-order valence-corrected chi connectivity index (χ3v) is 3.97. The summed E-state index contributed by atoms with van der Waals surface area (Å²) in [6.07, 6.45) is 1.03. The predicted octanol–water partition coefficient (Wildman–Crippen LogP) is 2.91. The van der Waals surface area contributed by atoms with Gasteiger partial charge in [0, 0.05) is 37.8 Å². The lowest BCUT2D eigenvalue weighted by Gasteiger charge is -2.33. The summed E-state index contributed by atoms with van der Waals surface area (Å²) < 4.78 is 27.8. The molecule has 0 aliphatic carbocycles. The number of nitrogens with zero attached hydrogens (tertiary/aromatic N) is 1. The molecule has 100 valence electrons. The van der Waals surface area contributed by atoms with Crippen molar-refractivity contribution in [1.29, 1.82) is 0 Å². The highest BCUT2D eigenvalue weighted by molar-refractivity contribution is 9.10. The third-order valence-electron chi connectivity index (χ3n) is 3.35. The van der Waals surface area contributed by atoms with Crippen molar-refractivity contribution in [1.82, 2.24) is 10.2 Å². The minimum Gasteiger partial charge on any atom is -0.311 e. The van der Waals surface area contributed by atoms with Gasteiger partial charge in [-0.3, -0.25) is 4.90 Å². The maximum Gasteiger partial charge on any atom is 0.144 e. The molecule has 0 radical (unpaired) electrons. The van der Waals surface area contributed by atoms with Crippen molar-refractivity contribution in [3.8, 4) is 0 Å². The molecule has 18 heavy (non-hydrogen) atoms. The summed E-state index contributed by atoms with van der Waals surface area (Å²) >= 11 is 3.10. The molecule has 0 aromatic heterocycles. The fourth-order valence-corrected chi connectivity index (χ4v) is 2.62. The average molecular weight is 319 g/mol. The standard InChI is InChI=1S/C13H17BrF2N2/c1-2-9-7-18(6-5-17-9)8-10-12(15)4-3-11(14)13(10)16/h3-4,9,17H,2,5-8H2,1H3. The van der Waals surface area contributed by atoms with Crippen LogP contribution in [0.3, 0.4) is 0 Å². The second kappa shape index (κ2) is 6.08. The molecular formula is C13H17BrF2N2. The zero-order valence-electron chi connectivity index (χ0n) is 10.3. The van der Waals surface area contributed by atoms with Crippen LogP contribution in [-0.4, -0.2) is 30.6 Å². The molecule has 1 unspecified atom stereocenters. The summed E-state index contributed by atoms with van der Waals surface area (Å²) in [6, 6.07) is 3.12. The summed E-state index contributed by atoms with van der Waals surface area (Å²) in [5, 5.41) is 3.39. The molecule has 1 heterocycles. The van der Waals surface area contributed by atoms with Crippen LogP contribution in [0.1, 0.15) is 18.9 Å². The second-order valence-corrected chi connectivity index (χ2v) is 5.47. The van der Waals surface area contributed by atoms with Gasteiger partial charge in [0.25, 0.3) is 0 Å². The quantitative estimate of drug-likeness (QED) is 0.862. The fraction of sp³-hybridized carbons (Fsp3) is 0.538. The van der Waals surface area contributed by atoms with E-state index in [0.29, 0.717) is 17.1 Å². The lowest BCUT2D eigenvalue weighted by atomic mass is 10.1. The highest BCUT2D eigenvalue weighted by Gasteiger charge is 2.21. The van der Waals surface area contributed by atoms with Gasteiger partial charge in [0.2, 0.25) is 0 Å². The lowest BCUT2D eigenvalue weighted by molar-refractivity contribution is 0.185. The largest absolute Gasteiger partial charge is 0.311 e. The molecule has 1 aliphatic heterocycles. The number of rotatable bonds is 3. The lowest BCUT2D eigenvalue weighted by Crippen LogP contribution is -2.50. The normalized spacial score (nSPS) is 21.2. The smallest absolute Gasteiger partial charge is 0.144 e. The van der Waals surface area contributed by atoms with Gasteiger partial charge in [-0.2, -0.15) is 0 Å². The van der Waals surface area contributed by atoms with Crippen LogP contribution in [0.2, 0.25) is 0 Å². The van der Waals surface area contributed by atoms with Crippen molar-refractivity contribution >= 4 is 15.9 Å². The fourth-order valence-electron chi connectivity index (χ4n) is 2.25. The average Bonchev–Trinajstić information content (AvgIpc) is 2.39. The molecule has 0 spiro atoms. The Morgan fingerprint density at radius 3 is 2.94 bits per heavy atom. The van der Waals surface area contributed by atoms with Crippen LogP contribution in [0.5, 0.6) is 0 Å². The molecule has 1 aromatic carbocycles. The van der Waals surface area contributed by atoms with Gasteiger partial charge in [-0.1, -0.05) is 6.92 Å². The van der Waals surface area contributed by atoms with E-state index in [9.17, 15) is 8.78 Å². The van der Waals surface area contributed by atoms with E-state index in [-0.39, 0.29) is 5.56 Å². The Hall–Kier alpha value is -0.520. The molecule has 1 aromatic rings. The summed E-state index contributed by atoms with van der Waals surface area (Å²) in [4.78, 5) is 2.10. The Bertz CT molecular complexity index is 426. The van der Waals surface area contributed by atoms with Gasteiger partial charge in [0.1, 0.15) is 11.6 Å². The van der Waals surface area contributed by atoms with Crippen LogP contribution < -0.4 is 5.32 Å². The van der Waals surface area contributed by atoms with E-state index < -0.39 is 11.6 Å². The Labute approximate surface area is 114 Å². The van der Waals surface area contributed by atoms with Gasteiger partial charge >= 0.3 is 0 Å². The van der Waals surface area contributed by atoms with Crippen molar-refractivity contribution in [2.75, 3.05) is 19.6 Å². The first-order chi connectivity index (χ1) is 8.61. The van der Waals surface area contributed by atoms with E-state index >= 15 is 0 Å². The summed E-state index contributed by atoms with van der Waals surface area (Å²) in [7, 11) is 0. The van der Waals surface area contributed by atoms with Gasteiger partial charge in [0.05, 0.1) is 4.47 Å². The highest BCUT2D eigenvalue weighted by Crippen LogP contribution is 2.23. The molecule has 1 N–H and O–H groups in total. The van der Waals surface area contributed by atoms with E-state index in [1.165, 1.54) is 12.1 Å². The number of benzene rings is 1. The van der Waals surface area contributed by atoms with Crippen LogP contribution in [0, 0.1) is 11.6 Å². The monoisotopic (exact) mass is 318 g/mol. The molecule has 1 fully saturated rings. The number of halogens is 3. The first kappa shape index (κ1) is 13.9. The summed E-state index contributed by atoms with van der Waals surface area (Å²) in [5.41, 5.74) is 0.154. The van der Waals surface area contributed by atoms with Gasteiger partial charge < -0.3 is 5.32 Å². The number of nitrogens with one attached hydrogen (secondary N) is 1. The number of hydrogen-bond donors (Lipinski definition) is 1. The SMILES string of the molecule is CCC1CN(Cc2c(F)ccc(Br)c2F)CCN1. The molecule has 1 aliphatic rings. The summed E-state index contributed by atoms with van der Waals surface area (Å²) in [6.45, 7) is 4.97. The first-order valence-corrected chi connectivity index (χ1v) is 6.99. The zero-order chi connectivity index (χ0) is 13.1. The zero-order valence-corrected chi connectivity index (χ0v) is 11.9. The van der Waals surface area contributed by atoms with Crippen LogP contribution in [-0.2, 0) is 6.54 Å². The Balaban J connectivity index is 2.11. The van der Waals surface area contributed by atoms with Crippen LogP contribution >= 0.6 is 15.9 Å². The summed E-state index contributed by atoms with van der Waals surface area (Å²) in [5.74, 6) is -0.955. The van der Waals surface area contributed by atoms with E-state index in [0.717, 1.165) is 26.1 Å². The van der Waals surface area contributed by atoms with E-state index in [1.807, 2.05) is 0 Å². The molecule has 5 heteroatoms. The molecule has 1 atom stereocenters. The number of hydrogen-bond acceptors (Lipinski definition) is 2. The van der Waals surface area contributed by atoms with Gasteiger partial charge in [-0.05, 0) is 34.5 Å². The Kier molecular flexibility index (Phi) is 4.70. The van der Waals surface area contributed by atoms with Crippen LogP contribution in [0.25, 0.3) is 0 Å². The van der Waals surface area contributed by atoms with Crippen molar-refractivity contribution in [2.24, 2.45) is 0 Å². The topological polar surface area (TPSA) is 15.3 Å². The predicted molar refractivity (Wildman–Crippen MR) is 71.4 cm³/mol. The Morgan fingerprint density at radius 1 is 1.44 bits per heavy atom. The van der Waals surface area contributed by atoms with Gasteiger partial charge in [-0.25, -0.2) is 8.78 Å². The molecule has 0 amide bonds.